The molecule has 1 heterocycles. The summed E-state index contributed by atoms with van der Waals surface area (Å²) in [5, 5.41) is 9.92. The molecule has 7 rings (SSSR count). The van der Waals surface area contributed by atoms with Gasteiger partial charge in [-0.25, -0.2) is 0 Å². The van der Waals surface area contributed by atoms with Crippen molar-refractivity contribution in [1.82, 2.24) is 0 Å². The molecule has 0 fully saturated rings. The summed E-state index contributed by atoms with van der Waals surface area (Å²) in [7, 11) is -2.31. The summed E-state index contributed by atoms with van der Waals surface area (Å²) in [4.78, 5) is 0. The minimum atomic E-state index is -2.31. The number of fused-ring (bicyclic) bond motifs is 7. The van der Waals surface area contributed by atoms with E-state index in [9.17, 15) is 0 Å². The summed E-state index contributed by atoms with van der Waals surface area (Å²) in [5.41, 5.74) is 4.37. The van der Waals surface area contributed by atoms with E-state index >= 15 is 0 Å². The molecule has 6 aromatic carbocycles. The fourth-order valence-electron chi connectivity index (χ4n) is 6.39. The van der Waals surface area contributed by atoms with Crippen molar-refractivity contribution in [3.05, 3.63) is 139 Å². The van der Waals surface area contributed by atoms with Crippen LogP contribution in [0, 0.1) is 0 Å². The van der Waals surface area contributed by atoms with Crippen LogP contribution in [0.15, 0.2) is 133 Å². The molecule has 0 saturated heterocycles. The van der Waals surface area contributed by atoms with E-state index < -0.39 is 7.26 Å². The van der Waals surface area contributed by atoms with Crippen LogP contribution in [0.1, 0.15) is 5.56 Å². The zero-order valence-corrected chi connectivity index (χ0v) is 20.6. The van der Waals surface area contributed by atoms with Gasteiger partial charge in [-0.05, 0) is 0 Å². The van der Waals surface area contributed by atoms with E-state index in [0.29, 0.717) is 0 Å². The summed E-state index contributed by atoms with van der Waals surface area (Å²) < 4.78 is 0. The zero-order valence-electron chi connectivity index (χ0n) is 19.6. The number of benzene rings is 6. The van der Waals surface area contributed by atoms with Gasteiger partial charge in [-0.1, -0.05) is 0 Å². The standard InChI is InChI=1S/C34H27P/c1-3-13-28(14-4-1)35(29-15-5-2-6-16-29)24-23-27-20-19-25-11-7-9-17-30(25)33(27)34-31-18-10-8-12-26(31)21-22-32(34)35/h1-22,35H,23-24H2. The quantitative estimate of drug-likeness (QED) is 0.236. The van der Waals surface area contributed by atoms with E-state index in [1.807, 2.05) is 0 Å². The molecule has 1 aliphatic heterocycles. The van der Waals surface area contributed by atoms with Gasteiger partial charge in [-0.2, -0.15) is 0 Å². The molecule has 168 valence electrons. The number of aryl methyl sites for hydroxylation is 1. The first kappa shape index (κ1) is 20.6. The maximum atomic E-state index is 2.47. The Morgan fingerprint density at radius 2 is 0.943 bits per heavy atom. The van der Waals surface area contributed by atoms with Gasteiger partial charge in [-0.15, -0.1) is 0 Å². The Balaban J connectivity index is 1.70. The van der Waals surface area contributed by atoms with Crippen LogP contribution in [0.5, 0.6) is 0 Å². The first-order valence-electron chi connectivity index (χ1n) is 12.5. The summed E-state index contributed by atoms with van der Waals surface area (Å²) in [5.74, 6) is 0. The van der Waals surface area contributed by atoms with Crippen LogP contribution in [-0.4, -0.2) is 6.16 Å². The van der Waals surface area contributed by atoms with Crippen molar-refractivity contribution in [1.29, 1.82) is 0 Å². The first-order chi connectivity index (χ1) is 17.4. The Morgan fingerprint density at radius 1 is 0.429 bits per heavy atom. The van der Waals surface area contributed by atoms with Crippen molar-refractivity contribution in [3.8, 4) is 11.1 Å². The molecule has 0 atom stereocenters. The fraction of sp³-hybridized carbons (Fsp3) is 0.0588. The second kappa shape index (κ2) is 8.19. The van der Waals surface area contributed by atoms with Gasteiger partial charge in [0.25, 0.3) is 0 Å². The molecule has 1 aliphatic rings. The van der Waals surface area contributed by atoms with Crippen molar-refractivity contribution in [2.24, 2.45) is 0 Å². The third-order valence-corrected chi connectivity index (χ3v) is 12.9. The first-order valence-corrected chi connectivity index (χ1v) is 14.7. The molecule has 0 aromatic heterocycles. The molecule has 0 N–H and O–H groups in total. The molecule has 0 aliphatic carbocycles. The van der Waals surface area contributed by atoms with E-state index in [1.165, 1.54) is 48.8 Å². The molecular weight excluding hydrogens is 439 g/mol. The average Bonchev–Trinajstić information content (AvgIpc) is 3.10. The topological polar surface area (TPSA) is 0 Å². The average molecular weight is 467 g/mol. The van der Waals surface area contributed by atoms with E-state index in [-0.39, 0.29) is 0 Å². The summed E-state index contributed by atoms with van der Waals surface area (Å²) in [6, 6.07) is 50.1. The molecule has 0 spiro atoms. The second-order valence-electron chi connectivity index (χ2n) is 9.67. The number of hydrogen-bond donors (Lipinski definition) is 0. The zero-order chi connectivity index (χ0) is 23.2. The number of rotatable bonds is 2. The normalized spacial score (nSPS) is 15.2. The predicted octanol–water partition coefficient (Wildman–Crippen LogP) is 7.24. The maximum absolute atomic E-state index is 2.47. The van der Waals surface area contributed by atoms with Crippen LogP contribution in [0.4, 0.5) is 0 Å². The Morgan fingerprint density at radius 3 is 1.57 bits per heavy atom. The van der Waals surface area contributed by atoms with Gasteiger partial charge < -0.3 is 0 Å². The Kier molecular flexibility index (Phi) is 4.83. The van der Waals surface area contributed by atoms with Gasteiger partial charge in [0.1, 0.15) is 0 Å². The van der Waals surface area contributed by atoms with Gasteiger partial charge in [0.05, 0.1) is 0 Å². The molecule has 0 unspecified atom stereocenters. The predicted molar refractivity (Wildman–Crippen MR) is 156 cm³/mol. The van der Waals surface area contributed by atoms with Gasteiger partial charge in [0, 0.05) is 0 Å². The van der Waals surface area contributed by atoms with Crippen LogP contribution < -0.4 is 15.9 Å². The Labute approximate surface area is 207 Å². The molecule has 0 radical (unpaired) electrons. The Hall–Kier alpha value is -3.73. The van der Waals surface area contributed by atoms with Crippen LogP contribution in [-0.2, 0) is 6.42 Å². The molecule has 0 nitrogen and oxygen atoms in total. The third kappa shape index (κ3) is 3.10. The fourth-order valence-corrected chi connectivity index (χ4v) is 11.4. The monoisotopic (exact) mass is 466 g/mol. The van der Waals surface area contributed by atoms with E-state index in [2.05, 4.69) is 133 Å². The number of hydrogen-bond acceptors (Lipinski definition) is 0. The van der Waals surface area contributed by atoms with E-state index in [0.717, 1.165) is 12.6 Å². The molecule has 0 saturated carbocycles. The van der Waals surface area contributed by atoms with Gasteiger partial charge in [0.2, 0.25) is 0 Å². The summed E-state index contributed by atoms with van der Waals surface area (Å²) in [6.45, 7) is 0. The molecule has 1 heteroatoms. The van der Waals surface area contributed by atoms with Crippen LogP contribution >= 0.6 is 7.26 Å². The van der Waals surface area contributed by atoms with Gasteiger partial charge >= 0.3 is 207 Å². The second-order valence-corrected chi connectivity index (χ2v) is 13.7. The molecular formula is C34H27P. The van der Waals surface area contributed by atoms with Gasteiger partial charge in [0.15, 0.2) is 0 Å². The van der Waals surface area contributed by atoms with E-state index in [1.54, 1.807) is 5.30 Å². The third-order valence-electron chi connectivity index (χ3n) is 7.96. The van der Waals surface area contributed by atoms with Crippen LogP contribution in [0.2, 0.25) is 0 Å². The van der Waals surface area contributed by atoms with Crippen molar-refractivity contribution in [3.63, 3.8) is 0 Å². The van der Waals surface area contributed by atoms with Crippen LogP contribution in [0.3, 0.4) is 0 Å². The van der Waals surface area contributed by atoms with Gasteiger partial charge in [-0.3, -0.25) is 0 Å². The van der Waals surface area contributed by atoms with Crippen molar-refractivity contribution in [2.75, 3.05) is 6.16 Å². The summed E-state index contributed by atoms with van der Waals surface area (Å²) >= 11 is 0. The van der Waals surface area contributed by atoms with Crippen molar-refractivity contribution in [2.45, 2.75) is 6.42 Å². The molecule has 0 amide bonds. The SMILES string of the molecule is c1ccc([PH]2(c3ccccc3)CCc3ccc4ccccc4c3-c3c2ccc2ccccc32)cc1. The van der Waals surface area contributed by atoms with Crippen molar-refractivity contribution >= 4 is 44.7 Å². The van der Waals surface area contributed by atoms with E-state index in [4.69, 9.17) is 0 Å². The summed E-state index contributed by atoms with van der Waals surface area (Å²) in [6.07, 6.45) is 2.25. The molecule has 0 bridgehead atoms. The minimum absolute atomic E-state index is 1.08. The molecule has 6 aromatic rings. The molecule has 35 heavy (non-hydrogen) atoms. The Bertz CT molecular complexity index is 1640. The van der Waals surface area contributed by atoms with Crippen molar-refractivity contribution < 1.29 is 0 Å². The van der Waals surface area contributed by atoms with Crippen LogP contribution in [0.25, 0.3) is 32.7 Å².